The lowest BCUT2D eigenvalue weighted by Gasteiger charge is -2.12. The average molecular weight is 492 g/mol. The van der Waals surface area contributed by atoms with Crippen molar-refractivity contribution in [2.45, 2.75) is 45.1 Å². The van der Waals surface area contributed by atoms with Crippen molar-refractivity contribution in [1.82, 2.24) is 0 Å². The van der Waals surface area contributed by atoms with E-state index in [4.69, 9.17) is 0 Å². The Balaban J connectivity index is 0.000000289. The molecule has 2 aromatic carbocycles. The molecule has 0 spiro atoms. The molecule has 1 unspecified atom stereocenters. The summed E-state index contributed by atoms with van der Waals surface area (Å²) >= 11 is 6.42. The van der Waals surface area contributed by atoms with E-state index < -0.39 is 11.9 Å². The number of aliphatic hydroxyl groups excluding tert-OH is 1. The minimum Gasteiger partial charge on any atom is -0.388 e. The highest BCUT2D eigenvalue weighted by atomic mass is 79.9. The first-order valence-electron chi connectivity index (χ1n) is 8.42. The van der Waals surface area contributed by atoms with Gasteiger partial charge in [-0.15, -0.1) is 0 Å². The van der Waals surface area contributed by atoms with Crippen molar-refractivity contribution in [2.75, 3.05) is 0 Å². The molecule has 0 aliphatic carbocycles. The van der Waals surface area contributed by atoms with Crippen LogP contribution in [0.25, 0.3) is 0 Å². The van der Waals surface area contributed by atoms with Crippen LogP contribution in [0.5, 0.6) is 0 Å². The number of carbonyl (C=O) groups excluding carboxylic acids is 1. The minimum absolute atomic E-state index is 0.300. The zero-order valence-corrected chi connectivity index (χ0v) is 17.7. The Hall–Kier alpha value is -1.11. The normalized spacial score (nSPS) is 11.5. The highest BCUT2D eigenvalue weighted by Gasteiger charge is 2.11. The van der Waals surface area contributed by atoms with Gasteiger partial charge >= 0.3 is 0 Å². The van der Waals surface area contributed by atoms with Gasteiger partial charge in [-0.05, 0) is 48.4 Å². The third kappa shape index (κ3) is 8.06. The van der Waals surface area contributed by atoms with E-state index in [1.54, 1.807) is 6.07 Å². The lowest BCUT2D eigenvalue weighted by Crippen LogP contribution is -1.99. The van der Waals surface area contributed by atoms with Gasteiger partial charge in [0, 0.05) is 14.5 Å². The second-order valence-corrected chi connectivity index (χ2v) is 7.52. The van der Waals surface area contributed by atoms with Gasteiger partial charge in [-0.25, -0.2) is 8.78 Å². The summed E-state index contributed by atoms with van der Waals surface area (Å²) in [5.41, 5.74) is 0.983. The van der Waals surface area contributed by atoms with Crippen LogP contribution in [0.15, 0.2) is 45.3 Å². The van der Waals surface area contributed by atoms with E-state index in [1.807, 2.05) is 0 Å². The van der Waals surface area contributed by atoms with Gasteiger partial charge in [-0.2, -0.15) is 0 Å². The largest absolute Gasteiger partial charge is 0.388 e. The predicted octanol–water partition coefficient (Wildman–Crippen LogP) is 6.99. The first-order chi connectivity index (χ1) is 12.4. The summed E-state index contributed by atoms with van der Waals surface area (Å²) in [5.74, 6) is -0.698. The van der Waals surface area contributed by atoms with Crippen LogP contribution in [0.1, 0.15) is 61.1 Å². The zero-order chi connectivity index (χ0) is 19.5. The second kappa shape index (κ2) is 12.3. The summed E-state index contributed by atoms with van der Waals surface area (Å²) in [6, 6.07) is 8.39. The molecule has 0 saturated heterocycles. The number of aldehydes is 1. The first-order valence-corrected chi connectivity index (χ1v) is 10.0. The van der Waals surface area contributed by atoms with Crippen molar-refractivity contribution in [2.24, 2.45) is 0 Å². The summed E-state index contributed by atoms with van der Waals surface area (Å²) in [7, 11) is 0. The van der Waals surface area contributed by atoms with Crippen LogP contribution in [0, 0.1) is 11.6 Å². The second-order valence-electron chi connectivity index (χ2n) is 5.81. The molecular formula is C20H22Br2F2O2. The van der Waals surface area contributed by atoms with E-state index in [0.29, 0.717) is 28.3 Å². The maximum Gasteiger partial charge on any atom is 0.151 e. The van der Waals surface area contributed by atoms with Gasteiger partial charge in [-0.3, -0.25) is 4.79 Å². The Bertz CT molecular complexity index is 708. The molecule has 142 valence electrons. The van der Waals surface area contributed by atoms with Gasteiger partial charge in [0.2, 0.25) is 0 Å². The number of halogens is 4. The molecule has 0 aromatic heterocycles. The number of carbonyl (C=O) groups is 1. The molecule has 1 atom stereocenters. The smallest absolute Gasteiger partial charge is 0.151 e. The molecule has 26 heavy (non-hydrogen) atoms. The van der Waals surface area contributed by atoms with Gasteiger partial charge in [-0.1, -0.05) is 64.5 Å². The zero-order valence-electron chi connectivity index (χ0n) is 14.5. The monoisotopic (exact) mass is 490 g/mol. The Morgan fingerprint density at radius 2 is 1.62 bits per heavy atom. The SMILES string of the molecule is CCCCCCC(O)c1cc(F)ccc1Br.O=Cc1cc(F)ccc1Br. The summed E-state index contributed by atoms with van der Waals surface area (Å²) < 4.78 is 26.8. The third-order valence-corrected chi connectivity index (χ3v) is 5.18. The molecule has 2 nitrogen and oxygen atoms in total. The lowest BCUT2D eigenvalue weighted by molar-refractivity contribution is 0.112. The van der Waals surface area contributed by atoms with Crippen LogP contribution in [0.3, 0.4) is 0 Å². The maximum atomic E-state index is 13.0. The fraction of sp³-hybridized carbons (Fsp3) is 0.350. The third-order valence-electron chi connectivity index (χ3n) is 3.73. The average Bonchev–Trinajstić information content (AvgIpc) is 2.63. The van der Waals surface area contributed by atoms with Crippen LogP contribution >= 0.6 is 31.9 Å². The topological polar surface area (TPSA) is 37.3 Å². The fourth-order valence-electron chi connectivity index (χ4n) is 2.29. The van der Waals surface area contributed by atoms with Crippen molar-refractivity contribution >= 4 is 38.1 Å². The van der Waals surface area contributed by atoms with Crippen molar-refractivity contribution in [1.29, 1.82) is 0 Å². The minimum atomic E-state index is -0.568. The Labute approximate surface area is 169 Å². The molecule has 0 radical (unpaired) electrons. The molecule has 6 heteroatoms. The molecule has 0 aliphatic rings. The van der Waals surface area contributed by atoms with Crippen LogP contribution < -0.4 is 0 Å². The highest BCUT2D eigenvalue weighted by Crippen LogP contribution is 2.27. The number of aliphatic hydroxyl groups is 1. The number of unbranched alkanes of at least 4 members (excludes halogenated alkanes) is 3. The Kier molecular flexibility index (Phi) is 10.9. The number of hydrogen-bond donors (Lipinski definition) is 1. The standard InChI is InChI=1S/C13H18BrFO.C7H4BrFO/c1-2-3-4-5-6-13(16)11-9-10(15)7-8-12(11)14;8-7-2-1-6(9)3-5(7)4-10/h7-9,13,16H,2-6H2,1H3;1-4H. The quantitative estimate of drug-likeness (QED) is 0.334. The number of rotatable bonds is 7. The van der Waals surface area contributed by atoms with Gasteiger partial charge in [0.1, 0.15) is 11.6 Å². The van der Waals surface area contributed by atoms with E-state index in [2.05, 4.69) is 38.8 Å². The molecule has 2 aromatic rings. The van der Waals surface area contributed by atoms with Crippen molar-refractivity contribution in [3.8, 4) is 0 Å². The van der Waals surface area contributed by atoms with Crippen LogP contribution in [-0.4, -0.2) is 11.4 Å². The number of hydrogen-bond acceptors (Lipinski definition) is 2. The molecule has 0 heterocycles. The van der Waals surface area contributed by atoms with E-state index >= 15 is 0 Å². The number of benzene rings is 2. The van der Waals surface area contributed by atoms with E-state index in [-0.39, 0.29) is 5.82 Å². The van der Waals surface area contributed by atoms with E-state index in [9.17, 15) is 18.7 Å². The molecular weight excluding hydrogens is 470 g/mol. The molecule has 0 bridgehead atoms. The van der Waals surface area contributed by atoms with E-state index in [1.165, 1.54) is 43.2 Å². The van der Waals surface area contributed by atoms with Crippen LogP contribution in [0.4, 0.5) is 8.78 Å². The Morgan fingerprint density at radius 3 is 2.19 bits per heavy atom. The van der Waals surface area contributed by atoms with Gasteiger partial charge in [0.25, 0.3) is 0 Å². The van der Waals surface area contributed by atoms with E-state index in [0.717, 1.165) is 17.3 Å². The summed E-state index contributed by atoms with van der Waals surface area (Å²) in [6.07, 6.45) is 5.21. The molecule has 1 N–H and O–H groups in total. The fourth-order valence-corrected chi connectivity index (χ4v) is 3.15. The van der Waals surface area contributed by atoms with Gasteiger partial charge in [0.05, 0.1) is 6.10 Å². The summed E-state index contributed by atoms with van der Waals surface area (Å²) in [6.45, 7) is 2.15. The Morgan fingerprint density at radius 1 is 1.00 bits per heavy atom. The van der Waals surface area contributed by atoms with Crippen molar-refractivity contribution in [3.05, 3.63) is 68.1 Å². The van der Waals surface area contributed by atoms with Crippen molar-refractivity contribution in [3.63, 3.8) is 0 Å². The lowest BCUT2D eigenvalue weighted by atomic mass is 10.0. The van der Waals surface area contributed by atoms with Crippen LogP contribution in [0.2, 0.25) is 0 Å². The maximum absolute atomic E-state index is 13.0. The van der Waals surface area contributed by atoms with Gasteiger partial charge < -0.3 is 5.11 Å². The molecule has 2 rings (SSSR count). The summed E-state index contributed by atoms with van der Waals surface area (Å²) in [5, 5.41) is 9.93. The molecule has 0 aliphatic heterocycles. The van der Waals surface area contributed by atoms with Crippen LogP contribution in [-0.2, 0) is 0 Å². The predicted molar refractivity (Wildman–Crippen MR) is 107 cm³/mol. The van der Waals surface area contributed by atoms with Gasteiger partial charge in [0.15, 0.2) is 6.29 Å². The molecule has 0 amide bonds. The highest BCUT2D eigenvalue weighted by molar-refractivity contribution is 9.10. The summed E-state index contributed by atoms with van der Waals surface area (Å²) in [4.78, 5) is 10.2. The molecule has 0 saturated carbocycles. The molecule has 0 fully saturated rings. The van der Waals surface area contributed by atoms with Crippen molar-refractivity contribution < 1.29 is 18.7 Å². The first kappa shape index (κ1) is 22.9.